The summed E-state index contributed by atoms with van der Waals surface area (Å²) in [6.07, 6.45) is 1.24. The number of nitrogens with one attached hydrogen (secondary N) is 2. The van der Waals surface area contributed by atoms with Crippen molar-refractivity contribution < 1.29 is 67.0 Å². The van der Waals surface area contributed by atoms with E-state index in [4.69, 9.17) is 44.8 Å². The molecule has 1 unspecified atom stereocenters. The fourth-order valence-electron chi connectivity index (χ4n) is 8.25. The Kier molecular flexibility index (Phi) is 19.3. The summed E-state index contributed by atoms with van der Waals surface area (Å²) in [5.41, 5.74) is -0.407. The molecule has 3 N–H and O–H groups in total. The first-order valence-corrected chi connectivity index (χ1v) is 23.5. The van der Waals surface area contributed by atoms with Crippen LogP contribution in [0.4, 0.5) is 10.5 Å². The Labute approximate surface area is 407 Å². The molecule has 0 aliphatic carbocycles. The Balaban J connectivity index is 1.21. The first kappa shape index (κ1) is 54.2. The van der Waals surface area contributed by atoms with Gasteiger partial charge in [-0.2, -0.15) is 17.7 Å². The van der Waals surface area contributed by atoms with Gasteiger partial charge in [-0.05, 0) is 57.1 Å². The van der Waals surface area contributed by atoms with Crippen molar-refractivity contribution in [1.82, 2.24) is 20.5 Å². The monoisotopic (exact) mass is 992 g/mol. The number of epoxide rings is 1. The molecule has 5 rings (SSSR count). The zero-order valence-electron chi connectivity index (χ0n) is 39.9. The number of esters is 1. The second kappa shape index (κ2) is 24.2. The van der Waals surface area contributed by atoms with Gasteiger partial charge in [0, 0.05) is 45.8 Å². The van der Waals surface area contributed by atoms with Crippen LogP contribution in [0.5, 0.6) is 5.75 Å². The number of halogens is 1. The largest absolute Gasteiger partial charge is 0.495 e. The van der Waals surface area contributed by atoms with Gasteiger partial charge in [0.05, 0.1) is 64.6 Å². The van der Waals surface area contributed by atoms with Crippen LogP contribution in [0.15, 0.2) is 41.0 Å². The van der Waals surface area contributed by atoms with E-state index < -0.39 is 71.6 Å². The summed E-state index contributed by atoms with van der Waals surface area (Å²) in [6, 6.07) is 2.45. The number of fused-ring (bicyclic) bond motifs is 5. The molecule has 8 atom stereocenters. The van der Waals surface area contributed by atoms with E-state index in [9.17, 15) is 33.9 Å². The number of hydrogen-bond acceptors (Lipinski definition) is 16. The number of hydrogen-bond donors (Lipinski definition) is 4. The maximum Gasteiger partial charge on any atom is 0.409 e. The van der Waals surface area contributed by atoms with Crippen molar-refractivity contribution >= 4 is 71.3 Å². The van der Waals surface area contributed by atoms with E-state index in [1.807, 2.05) is 13.0 Å². The molecule has 0 aromatic heterocycles. The number of methoxy groups -OCH3 is 2. The molecule has 0 spiro atoms. The molecule has 0 saturated carbocycles. The SMILES string of the molecule is COc1cc2cc(c1Cl)N(C)C(=O)C[C@H](OC(=O)[C@H](C)N(C)C(=O)CCOCCOCCNC(=O)CN1N=C(CCS)CC1=O)[C@]1(C)OC1[C@H](C)[C@@H]1C[C@@](O)(NC(=O)O1)[C@H](OC)/C=C/C=C(\C)C2. The van der Waals surface area contributed by atoms with Crippen molar-refractivity contribution in [3.8, 4) is 5.75 Å². The molecule has 4 aliphatic rings. The average Bonchev–Trinajstić information content (AvgIpc) is 3.88. The minimum absolute atomic E-state index is 0.0295. The molecule has 0 radical (unpaired) electrons. The predicted molar refractivity (Wildman–Crippen MR) is 252 cm³/mol. The van der Waals surface area contributed by atoms with Crippen LogP contribution >= 0.6 is 24.2 Å². The number of alkyl carbamates (subject to hydrolysis) is 1. The highest BCUT2D eigenvalue weighted by atomic mass is 35.5. The number of nitrogens with zero attached hydrogens (tertiary/aromatic N) is 4. The quantitative estimate of drug-likeness (QED) is 0.0717. The van der Waals surface area contributed by atoms with Crippen molar-refractivity contribution in [2.75, 3.05) is 78.5 Å². The molecule has 4 aliphatic heterocycles. The lowest BCUT2D eigenvalue weighted by Crippen LogP contribution is -2.63. The van der Waals surface area contributed by atoms with Gasteiger partial charge in [0.15, 0.2) is 5.72 Å². The Morgan fingerprint density at radius 1 is 1.12 bits per heavy atom. The summed E-state index contributed by atoms with van der Waals surface area (Å²) in [5, 5.41) is 22.5. The maximum atomic E-state index is 14.3. The molecule has 22 heteroatoms. The third-order valence-electron chi connectivity index (χ3n) is 12.5. The molecular formula is C46H65ClN6O14S. The fraction of sp³-hybridized carbons (Fsp3) is 0.630. The van der Waals surface area contributed by atoms with Crippen LogP contribution < -0.4 is 20.3 Å². The van der Waals surface area contributed by atoms with E-state index >= 15 is 0 Å². The van der Waals surface area contributed by atoms with E-state index in [1.165, 1.54) is 38.0 Å². The number of likely N-dealkylation sites (N-methyl/N-ethyl adjacent to an activating group) is 1. The number of anilines is 1. The minimum Gasteiger partial charge on any atom is -0.495 e. The first-order chi connectivity index (χ1) is 32.2. The molecule has 20 nitrogen and oxygen atoms in total. The van der Waals surface area contributed by atoms with Gasteiger partial charge in [0.1, 0.15) is 47.3 Å². The summed E-state index contributed by atoms with van der Waals surface area (Å²) in [4.78, 5) is 81.3. The third kappa shape index (κ3) is 13.7. The topological polar surface area (TPSA) is 237 Å². The van der Waals surface area contributed by atoms with Crippen LogP contribution in [0.1, 0.15) is 65.4 Å². The maximum absolute atomic E-state index is 14.3. The number of ether oxygens (including phenoxy) is 7. The number of rotatable bonds is 18. The number of benzene rings is 1. The highest BCUT2D eigenvalue weighted by Gasteiger charge is 2.64. The highest BCUT2D eigenvalue weighted by Crippen LogP contribution is 2.49. The second-order valence-corrected chi connectivity index (χ2v) is 18.3. The number of hydrazone groups is 1. The highest BCUT2D eigenvalue weighted by molar-refractivity contribution is 7.80. The van der Waals surface area contributed by atoms with Gasteiger partial charge in [-0.25, -0.2) is 14.6 Å². The predicted octanol–water partition coefficient (Wildman–Crippen LogP) is 2.96. The number of allylic oxidation sites excluding steroid dienone is 3. The smallest absolute Gasteiger partial charge is 0.409 e. The molecule has 376 valence electrons. The number of carbonyl (C=O) groups excluding carboxylic acids is 6. The molecule has 1 aromatic rings. The van der Waals surface area contributed by atoms with Gasteiger partial charge in [0.25, 0.3) is 0 Å². The normalized spacial score (nSPS) is 28.0. The fourth-order valence-corrected chi connectivity index (χ4v) is 8.82. The molecule has 68 heavy (non-hydrogen) atoms. The molecule has 2 saturated heterocycles. The number of carbonyl (C=O) groups is 6. The van der Waals surface area contributed by atoms with Crippen LogP contribution in [0.3, 0.4) is 0 Å². The summed E-state index contributed by atoms with van der Waals surface area (Å²) >= 11 is 10.9. The van der Waals surface area contributed by atoms with E-state index in [0.29, 0.717) is 35.7 Å². The lowest BCUT2D eigenvalue weighted by atomic mass is 9.83. The van der Waals surface area contributed by atoms with Gasteiger partial charge in [-0.3, -0.25) is 24.5 Å². The Hall–Kier alpha value is -4.77. The van der Waals surface area contributed by atoms with E-state index in [-0.39, 0.29) is 82.0 Å². The molecule has 4 heterocycles. The summed E-state index contributed by atoms with van der Waals surface area (Å²) in [5.74, 6) is -1.96. The second-order valence-electron chi connectivity index (χ2n) is 17.5. The Morgan fingerprint density at radius 2 is 1.84 bits per heavy atom. The lowest BCUT2D eigenvalue weighted by Gasteiger charge is -2.42. The molecule has 2 fully saturated rings. The van der Waals surface area contributed by atoms with Crippen LogP contribution in [0.2, 0.25) is 5.02 Å². The van der Waals surface area contributed by atoms with Crippen LogP contribution in [0.25, 0.3) is 0 Å². The third-order valence-corrected chi connectivity index (χ3v) is 13.1. The van der Waals surface area contributed by atoms with Crippen molar-refractivity contribution in [2.45, 2.75) is 108 Å². The number of thiol groups is 1. The number of aliphatic hydroxyl groups is 1. The van der Waals surface area contributed by atoms with Gasteiger partial charge in [0.2, 0.25) is 23.6 Å². The zero-order chi connectivity index (χ0) is 49.9. The molecular weight excluding hydrogens is 928 g/mol. The Morgan fingerprint density at radius 3 is 2.53 bits per heavy atom. The van der Waals surface area contributed by atoms with Crippen molar-refractivity contribution in [3.63, 3.8) is 0 Å². The minimum atomic E-state index is -1.87. The van der Waals surface area contributed by atoms with Crippen molar-refractivity contribution in [3.05, 3.63) is 46.5 Å². The van der Waals surface area contributed by atoms with Crippen LogP contribution in [-0.2, 0) is 58.8 Å². The van der Waals surface area contributed by atoms with Crippen molar-refractivity contribution in [1.29, 1.82) is 0 Å². The average molecular weight is 994 g/mol. The van der Waals surface area contributed by atoms with E-state index in [2.05, 4.69) is 28.4 Å². The molecule has 1 aromatic carbocycles. The van der Waals surface area contributed by atoms with Gasteiger partial charge < -0.3 is 53.4 Å². The zero-order valence-corrected chi connectivity index (χ0v) is 41.6. The van der Waals surface area contributed by atoms with Crippen LogP contribution in [0, 0.1) is 5.92 Å². The lowest BCUT2D eigenvalue weighted by molar-refractivity contribution is -0.162. The Bertz CT molecular complexity index is 2130. The molecule has 4 bridgehead atoms. The van der Waals surface area contributed by atoms with Crippen molar-refractivity contribution in [2.24, 2.45) is 11.0 Å². The van der Waals surface area contributed by atoms with E-state index in [1.54, 1.807) is 45.2 Å². The van der Waals surface area contributed by atoms with Gasteiger partial charge in [-0.15, -0.1) is 0 Å². The summed E-state index contributed by atoms with van der Waals surface area (Å²) in [6.45, 7) is 7.48. The number of amides is 5. The summed E-state index contributed by atoms with van der Waals surface area (Å²) < 4.78 is 40.4. The standard InChI is InChI=1S/C46H65ClN6O14S/c1-27-10-9-11-35(62-8)46(60)25-34(65-44(59)49-46)28(2)42-45(4,67-42)36(24-39(56)52(6)32-21-30(20-27)22-33(61-7)41(32)47)66-43(58)29(3)51(5)38(55)12-15-63-17-18-64-16-14-48-37(54)26-53-40(57)23-31(50-53)13-19-68/h9-11,21-22,28-29,34-36,42,60,68H,12-20,23-26H2,1-8H3,(H,48,54)(H,49,59)/b11-9+,27-10+/t28-,29+,34+,35-,36+,42?,45+,46+/m1/s1. The van der Waals surface area contributed by atoms with Crippen LogP contribution in [-0.4, -0.2) is 172 Å². The first-order valence-electron chi connectivity index (χ1n) is 22.5. The van der Waals surface area contributed by atoms with E-state index in [0.717, 1.165) is 16.1 Å². The van der Waals surface area contributed by atoms with Gasteiger partial charge >= 0.3 is 12.1 Å². The molecule has 5 amide bonds. The van der Waals surface area contributed by atoms with Gasteiger partial charge in [-0.1, -0.05) is 42.3 Å². The summed E-state index contributed by atoms with van der Waals surface area (Å²) in [7, 11) is 5.90.